The van der Waals surface area contributed by atoms with Crippen LogP contribution < -0.4 is 0 Å². The Balaban J connectivity index is 1.22. The first-order valence-electron chi connectivity index (χ1n) is 12.2. The molecule has 0 amide bonds. The van der Waals surface area contributed by atoms with E-state index in [1.807, 2.05) is 23.9 Å². The molecular weight excluding hydrogens is 456 g/mol. The van der Waals surface area contributed by atoms with Crippen molar-refractivity contribution in [2.45, 2.75) is 9.79 Å². The molecular formula is C34H20OS. The quantitative estimate of drug-likeness (QED) is 0.246. The van der Waals surface area contributed by atoms with Crippen LogP contribution in [0.5, 0.6) is 0 Å². The van der Waals surface area contributed by atoms with Gasteiger partial charge in [-0.25, -0.2) is 0 Å². The maximum atomic E-state index is 6.27. The van der Waals surface area contributed by atoms with Crippen LogP contribution in [0.4, 0.5) is 0 Å². The summed E-state index contributed by atoms with van der Waals surface area (Å²) in [5.74, 6) is 0. The summed E-state index contributed by atoms with van der Waals surface area (Å²) < 4.78 is 6.27. The summed E-state index contributed by atoms with van der Waals surface area (Å²) in [4.78, 5) is 2.66. The van der Waals surface area contributed by atoms with E-state index in [4.69, 9.17) is 4.42 Å². The molecule has 0 atom stereocenters. The van der Waals surface area contributed by atoms with Gasteiger partial charge in [-0.05, 0) is 57.5 Å². The second-order valence-electron chi connectivity index (χ2n) is 9.33. The second kappa shape index (κ2) is 7.61. The average molecular weight is 477 g/mol. The topological polar surface area (TPSA) is 13.1 Å². The predicted octanol–water partition coefficient (Wildman–Crippen LogP) is 10.2. The zero-order chi connectivity index (χ0) is 23.6. The molecule has 1 aliphatic rings. The minimum atomic E-state index is 0.931. The normalized spacial score (nSPS) is 12.3. The highest BCUT2D eigenvalue weighted by molar-refractivity contribution is 7.99. The summed E-state index contributed by atoms with van der Waals surface area (Å²) in [5.41, 5.74) is 9.26. The highest BCUT2D eigenvalue weighted by Gasteiger charge is 2.19. The molecule has 0 aliphatic carbocycles. The second-order valence-corrected chi connectivity index (χ2v) is 10.4. The first kappa shape index (κ1) is 20.0. The number of rotatable bonds is 2. The Morgan fingerprint density at radius 3 is 2.11 bits per heavy atom. The minimum Gasteiger partial charge on any atom is -0.455 e. The van der Waals surface area contributed by atoms with E-state index in [1.54, 1.807) is 0 Å². The summed E-state index contributed by atoms with van der Waals surface area (Å²) in [6.07, 6.45) is 0. The number of benzene rings is 6. The molecule has 0 saturated heterocycles. The molecule has 1 aliphatic heterocycles. The minimum absolute atomic E-state index is 0.931. The van der Waals surface area contributed by atoms with E-state index < -0.39 is 0 Å². The molecule has 1 nitrogen and oxygen atoms in total. The Kier molecular flexibility index (Phi) is 4.22. The smallest absolute Gasteiger partial charge is 0.143 e. The molecule has 8 rings (SSSR count). The highest BCUT2D eigenvalue weighted by Crippen LogP contribution is 2.48. The van der Waals surface area contributed by atoms with Gasteiger partial charge in [-0.3, -0.25) is 0 Å². The van der Waals surface area contributed by atoms with E-state index in [9.17, 15) is 0 Å². The molecule has 0 spiro atoms. The van der Waals surface area contributed by atoms with Crippen LogP contribution in [0.15, 0.2) is 136 Å². The fraction of sp³-hybridized carbons (Fsp3) is 0. The van der Waals surface area contributed by atoms with Crippen molar-refractivity contribution in [1.82, 2.24) is 0 Å². The van der Waals surface area contributed by atoms with Gasteiger partial charge in [0.05, 0.1) is 0 Å². The van der Waals surface area contributed by atoms with Gasteiger partial charge in [-0.2, -0.15) is 0 Å². The lowest BCUT2D eigenvalue weighted by molar-refractivity contribution is 0.670. The Morgan fingerprint density at radius 2 is 1.19 bits per heavy atom. The van der Waals surface area contributed by atoms with Crippen LogP contribution in [-0.4, -0.2) is 0 Å². The highest BCUT2D eigenvalue weighted by atomic mass is 32.2. The van der Waals surface area contributed by atoms with Crippen molar-refractivity contribution in [3.63, 3.8) is 0 Å². The fourth-order valence-electron chi connectivity index (χ4n) is 5.56. The summed E-state index contributed by atoms with van der Waals surface area (Å²) in [5, 5.41) is 4.99. The van der Waals surface area contributed by atoms with Gasteiger partial charge in [-0.15, -0.1) is 0 Å². The van der Waals surface area contributed by atoms with Crippen molar-refractivity contribution in [1.29, 1.82) is 0 Å². The Bertz CT molecular complexity index is 1960. The third kappa shape index (κ3) is 2.92. The van der Waals surface area contributed by atoms with Gasteiger partial charge in [0.15, 0.2) is 0 Å². The molecule has 168 valence electrons. The van der Waals surface area contributed by atoms with Crippen LogP contribution in [0.3, 0.4) is 0 Å². The van der Waals surface area contributed by atoms with E-state index in [-0.39, 0.29) is 0 Å². The molecule has 0 radical (unpaired) electrons. The third-order valence-corrected chi connectivity index (χ3v) is 8.43. The van der Waals surface area contributed by atoms with Crippen LogP contribution >= 0.6 is 11.8 Å². The molecule has 0 N–H and O–H groups in total. The lowest BCUT2D eigenvalue weighted by Gasteiger charge is -2.21. The lowest BCUT2D eigenvalue weighted by atomic mass is 9.94. The van der Waals surface area contributed by atoms with Crippen molar-refractivity contribution in [3.8, 4) is 33.4 Å². The molecule has 7 aromatic rings. The summed E-state index contributed by atoms with van der Waals surface area (Å²) in [6.45, 7) is 0. The molecule has 1 aromatic heterocycles. The zero-order valence-corrected chi connectivity index (χ0v) is 20.2. The predicted molar refractivity (Wildman–Crippen MR) is 152 cm³/mol. The van der Waals surface area contributed by atoms with Crippen LogP contribution in [0.2, 0.25) is 0 Å². The molecule has 6 aromatic carbocycles. The molecule has 2 heteroatoms. The maximum absolute atomic E-state index is 6.27. The molecule has 0 saturated carbocycles. The number of furan rings is 1. The standard InChI is InChI=1S/C34H20OS/c1-2-12-30-26(8-1)28-11-5-9-25(34(28)35-30)22-16-14-21(15-17-22)24-18-19-31-29(20-24)27-10-3-6-23-7-4-13-32(36-31)33(23)27/h1-20H. The van der Waals surface area contributed by atoms with Crippen molar-refractivity contribution >= 4 is 44.5 Å². The summed E-state index contributed by atoms with van der Waals surface area (Å²) in [6, 6.07) is 43.6. The fourth-order valence-corrected chi connectivity index (χ4v) is 6.69. The first-order valence-corrected chi connectivity index (χ1v) is 13.0. The van der Waals surface area contributed by atoms with Gasteiger partial charge in [-0.1, -0.05) is 109 Å². The monoisotopic (exact) mass is 476 g/mol. The Morgan fingerprint density at radius 1 is 0.472 bits per heavy atom. The van der Waals surface area contributed by atoms with Gasteiger partial charge in [0, 0.05) is 31.5 Å². The summed E-state index contributed by atoms with van der Waals surface area (Å²) >= 11 is 1.87. The van der Waals surface area contributed by atoms with Crippen LogP contribution in [0.1, 0.15) is 0 Å². The van der Waals surface area contributed by atoms with Crippen LogP contribution in [0.25, 0.3) is 66.1 Å². The van der Waals surface area contributed by atoms with E-state index in [0.717, 1.165) is 33.1 Å². The van der Waals surface area contributed by atoms with Gasteiger partial charge in [0.2, 0.25) is 0 Å². The van der Waals surface area contributed by atoms with Crippen molar-refractivity contribution in [3.05, 3.63) is 121 Å². The van der Waals surface area contributed by atoms with E-state index in [0.29, 0.717) is 0 Å². The maximum Gasteiger partial charge on any atom is 0.143 e. The van der Waals surface area contributed by atoms with Crippen LogP contribution in [-0.2, 0) is 0 Å². The molecule has 36 heavy (non-hydrogen) atoms. The number of hydrogen-bond acceptors (Lipinski definition) is 2. The Labute approximate surface area is 213 Å². The van der Waals surface area contributed by atoms with Gasteiger partial charge in [0.25, 0.3) is 0 Å². The molecule has 2 heterocycles. The largest absolute Gasteiger partial charge is 0.455 e. The van der Waals surface area contributed by atoms with Gasteiger partial charge < -0.3 is 4.42 Å². The Hall–Kier alpha value is -4.27. The lowest BCUT2D eigenvalue weighted by Crippen LogP contribution is -1.93. The number of para-hydroxylation sites is 2. The summed E-state index contributed by atoms with van der Waals surface area (Å²) in [7, 11) is 0. The van der Waals surface area contributed by atoms with E-state index in [1.165, 1.54) is 42.8 Å². The molecule has 0 unspecified atom stereocenters. The number of fused-ring (bicyclic) bond motifs is 5. The average Bonchev–Trinajstić information content (AvgIpc) is 3.32. The van der Waals surface area contributed by atoms with Crippen molar-refractivity contribution in [2.24, 2.45) is 0 Å². The van der Waals surface area contributed by atoms with E-state index >= 15 is 0 Å². The van der Waals surface area contributed by atoms with Crippen molar-refractivity contribution in [2.75, 3.05) is 0 Å². The van der Waals surface area contributed by atoms with E-state index in [2.05, 4.69) is 109 Å². The van der Waals surface area contributed by atoms with Crippen LogP contribution in [0, 0.1) is 0 Å². The van der Waals surface area contributed by atoms with Crippen molar-refractivity contribution < 1.29 is 4.42 Å². The third-order valence-electron chi connectivity index (χ3n) is 7.29. The molecule has 0 fully saturated rings. The molecule has 0 bridgehead atoms. The van der Waals surface area contributed by atoms with Gasteiger partial charge >= 0.3 is 0 Å². The first-order chi connectivity index (χ1) is 17.8. The number of hydrogen-bond donors (Lipinski definition) is 0. The zero-order valence-electron chi connectivity index (χ0n) is 19.4. The van der Waals surface area contributed by atoms with Gasteiger partial charge in [0.1, 0.15) is 11.2 Å². The SMILES string of the molecule is c1cc2c3c(cccc3c1)-c1cc(-c3ccc(-c4cccc5c4oc4ccccc45)cc3)ccc1S2.